The van der Waals surface area contributed by atoms with Crippen LogP contribution in [0.3, 0.4) is 0 Å². The highest BCUT2D eigenvalue weighted by atomic mass is 32.2. The molecule has 0 N–H and O–H groups in total. The zero-order valence-electron chi connectivity index (χ0n) is 9.52. The van der Waals surface area contributed by atoms with Crippen LogP contribution < -0.4 is 0 Å². The number of hydrogen-bond acceptors (Lipinski definition) is 4. The van der Waals surface area contributed by atoms with Gasteiger partial charge in [0.25, 0.3) is 10.7 Å². The Hall–Kier alpha value is -0.890. The van der Waals surface area contributed by atoms with Crippen LogP contribution in [0.2, 0.25) is 0 Å². The third-order valence-electron chi connectivity index (χ3n) is 2.36. The van der Waals surface area contributed by atoms with Gasteiger partial charge in [-0.15, -0.1) is 11.8 Å². The van der Waals surface area contributed by atoms with E-state index in [-0.39, 0.29) is 23.0 Å². The van der Waals surface area contributed by atoms with Gasteiger partial charge in [-0.05, 0) is 24.6 Å². The van der Waals surface area contributed by atoms with Crippen LogP contribution in [0, 0.1) is 10.1 Å². The third kappa shape index (κ3) is 2.59. The summed E-state index contributed by atoms with van der Waals surface area (Å²) in [5.74, 6) is 0. The van der Waals surface area contributed by atoms with Gasteiger partial charge in [0.2, 0.25) is 0 Å². The van der Waals surface area contributed by atoms with Crippen LogP contribution in [-0.4, -0.2) is 22.7 Å². The molecule has 0 fully saturated rings. The summed E-state index contributed by atoms with van der Waals surface area (Å²) in [4.78, 5) is 9.77. The lowest BCUT2D eigenvalue weighted by atomic mass is 10.1. The Morgan fingerprint density at radius 3 is 1.94 bits per heavy atom. The fraction of sp³-hybridized carbons (Fsp3) is 0.400. The van der Waals surface area contributed by atoms with Crippen LogP contribution in [0.5, 0.6) is 0 Å². The Kier molecular flexibility index (Phi) is 4.55. The second-order valence-electron chi connectivity index (χ2n) is 3.32. The van der Waals surface area contributed by atoms with Crippen LogP contribution in [0.15, 0.2) is 24.3 Å². The van der Waals surface area contributed by atoms with Gasteiger partial charge in [-0.1, -0.05) is 11.8 Å². The van der Waals surface area contributed by atoms with Gasteiger partial charge in [0.1, 0.15) is 0 Å². The fourth-order valence-electron chi connectivity index (χ4n) is 1.33. The van der Waals surface area contributed by atoms with Crippen molar-refractivity contribution in [3.63, 3.8) is 0 Å². The van der Waals surface area contributed by atoms with Crippen molar-refractivity contribution in [2.75, 3.05) is 12.5 Å². The molecule has 0 heterocycles. The van der Waals surface area contributed by atoms with E-state index >= 15 is 0 Å². The van der Waals surface area contributed by atoms with Gasteiger partial charge in [-0.2, -0.15) is 8.78 Å². The molecule has 1 aromatic rings. The van der Waals surface area contributed by atoms with Gasteiger partial charge in [0.15, 0.2) is 0 Å². The number of alkyl halides is 3. The maximum Gasteiger partial charge on any atom is 0.340 e. The van der Waals surface area contributed by atoms with Crippen molar-refractivity contribution in [2.24, 2.45) is 0 Å². The molecule has 0 spiro atoms. The molecule has 1 rings (SSSR count). The first-order chi connectivity index (χ1) is 8.28. The number of benzene rings is 1. The standard InChI is InChI=1S/C10H10F3NO2S2/c1-17-9(11,10(12,13)18-2)7-3-5-8(6-4-7)14(15)16/h3-6H,1-2H3. The van der Waals surface area contributed by atoms with Gasteiger partial charge >= 0.3 is 5.25 Å². The minimum atomic E-state index is -3.62. The topological polar surface area (TPSA) is 43.1 Å². The van der Waals surface area contributed by atoms with Gasteiger partial charge in [0, 0.05) is 17.7 Å². The summed E-state index contributed by atoms with van der Waals surface area (Å²) in [6.07, 6.45) is 2.33. The molecule has 0 saturated heterocycles. The summed E-state index contributed by atoms with van der Waals surface area (Å²) in [6, 6.07) is 4.05. The van der Waals surface area contributed by atoms with Crippen LogP contribution in [0.1, 0.15) is 5.56 Å². The highest BCUT2D eigenvalue weighted by Gasteiger charge is 2.55. The van der Waals surface area contributed by atoms with E-state index in [2.05, 4.69) is 0 Å². The smallest absolute Gasteiger partial charge is 0.258 e. The third-order valence-corrected chi connectivity index (χ3v) is 4.34. The van der Waals surface area contributed by atoms with Crippen LogP contribution in [0.4, 0.5) is 18.9 Å². The predicted molar refractivity (Wildman–Crippen MR) is 67.9 cm³/mol. The number of nitro groups is 1. The molecule has 1 atom stereocenters. The molecule has 18 heavy (non-hydrogen) atoms. The largest absolute Gasteiger partial charge is 0.340 e. The van der Waals surface area contributed by atoms with Crippen molar-refractivity contribution < 1.29 is 18.1 Å². The van der Waals surface area contributed by atoms with Crippen LogP contribution in [0.25, 0.3) is 0 Å². The van der Waals surface area contributed by atoms with Crippen molar-refractivity contribution in [2.45, 2.75) is 10.3 Å². The average Bonchev–Trinajstić information content (AvgIpc) is 2.37. The summed E-state index contributed by atoms with van der Waals surface area (Å²) in [5.41, 5.74) is -0.561. The van der Waals surface area contributed by atoms with E-state index in [0.29, 0.717) is 11.8 Å². The Labute approximate surface area is 110 Å². The highest BCUT2D eigenvalue weighted by molar-refractivity contribution is 8.03. The molecular weight excluding hydrogens is 287 g/mol. The van der Waals surface area contributed by atoms with E-state index in [1.807, 2.05) is 0 Å². The van der Waals surface area contributed by atoms with Gasteiger partial charge in [0.05, 0.1) is 4.92 Å². The summed E-state index contributed by atoms with van der Waals surface area (Å²) in [6.45, 7) is 0. The van der Waals surface area contributed by atoms with E-state index in [9.17, 15) is 23.3 Å². The average molecular weight is 297 g/mol. The van der Waals surface area contributed by atoms with E-state index in [1.165, 1.54) is 6.26 Å². The molecule has 3 nitrogen and oxygen atoms in total. The number of hydrogen-bond donors (Lipinski definition) is 0. The molecule has 1 unspecified atom stereocenters. The van der Waals surface area contributed by atoms with E-state index in [1.54, 1.807) is 0 Å². The molecule has 0 aromatic heterocycles. The summed E-state index contributed by atoms with van der Waals surface area (Å²) in [7, 11) is 0. The lowest BCUT2D eigenvalue weighted by Crippen LogP contribution is -2.35. The number of nitro benzene ring substituents is 1. The first kappa shape index (κ1) is 15.2. The van der Waals surface area contributed by atoms with Crippen molar-refractivity contribution >= 4 is 29.2 Å². The first-order valence-electron chi connectivity index (χ1n) is 4.70. The SMILES string of the molecule is CSC(F)(F)C(F)(SC)c1ccc([N+](=O)[O-])cc1. The van der Waals surface area contributed by atoms with Gasteiger partial charge in [-0.25, -0.2) is 4.39 Å². The second-order valence-corrected chi connectivity index (χ2v) is 5.22. The Balaban J connectivity index is 3.21. The minimum absolute atomic E-state index is 0.101. The quantitative estimate of drug-likeness (QED) is 0.608. The minimum Gasteiger partial charge on any atom is -0.258 e. The monoisotopic (exact) mass is 297 g/mol. The second kappa shape index (κ2) is 5.40. The maximum absolute atomic E-state index is 14.4. The molecule has 0 radical (unpaired) electrons. The number of thioether (sulfide) groups is 2. The Bertz CT molecular complexity index is 441. The van der Waals surface area contributed by atoms with E-state index < -0.39 is 15.2 Å². The molecule has 0 aliphatic rings. The molecule has 0 amide bonds. The summed E-state index contributed by atoms with van der Waals surface area (Å²) < 4.78 is 41.5. The number of halogens is 3. The van der Waals surface area contributed by atoms with Crippen molar-refractivity contribution in [1.82, 2.24) is 0 Å². The summed E-state index contributed by atoms with van der Waals surface area (Å²) in [5, 5.41) is 3.90. The molecule has 100 valence electrons. The molecule has 0 saturated carbocycles. The Morgan fingerprint density at radius 1 is 1.11 bits per heavy atom. The zero-order valence-corrected chi connectivity index (χ0v) is 11.2. The summed E-state index contributed by atoms with van der Waals surface area (Å²) >= 11 is 0.465. The lowest BCUT2D eigenvalue weighted by molar-refractivity contribution is -0.384. The van der Waals surface area contributed by atoms with Crippen LogP contribution in [-0.2, 0) is 5.00 Å². The first-order valence-corrected chi connectivity index (χ1v) is 7.15. The molecular formula is C10H10F3NO2S2. The fourth-order valence-corrected chi connectivity index (χ4v) is 2.82. The lowest BCUT2D eigenvalue weighted by Gasteiger charge is -2.30. The van der Waals surface area contributed by atoms with E-state index in [4.69, 9.17) is 0 Å². The van der Waals surface area contributed by atoms with Crippen molar-refractivity contribution in [1.29, 1.82) is 0 Å². The van der Waals surface area contributed by atoms with Gasteiger partial charge < -0.3 is 0 Å². The molecule has 8 heteroatoms. The normalized spacial score (nSPS) is 15.2. The molecule has 0 bridgehead atoms. The number of non-ortho nitro benzene ring substituents is 1. The molecule has 0 aliphatic carbocycles. The number of nitrogens with zero attached hydrogens (tertiary/aromatic N) is 1. The van der Waals surface area contributed by atoms with Crippen molar-refractivity contribution in [3.8, 4) is 0 Å². The molecule has 0 aliphatic heterocycles. The van der Waals surface area contributed by atoms with Crippen LogP contribution >= 0.6 is 23.5 Å². The van der Waals surface area contributed by atoms with Crippen molar-refractivity contribution in [3.05, 3.63) is 39.9 Å². The van der Waals surface area contributed by atoms with Gasteiger partial charge in [-0.3, -0.25) is 10.1 Å². The number of rotatable bonds is 5. The maximum atomic E-state index is 14.4. The molecule has 1 aromatic carbocycles. The van der Waals surface area contributed by atoms with E-state index in [0.717, 1.165) is 30.5 Å². The Morgan fingerprint density at radius 2 is 1.61 bits per heavy atom. The zero-order chi connectivity index (χ0) is 14.0. The highest BCUT2D eigenvalue weighted by Crippen LogP contribution is 2.53. The predicted octanol–water partition coefficient (Wildman–Crippen LogP) is 4.04.